The first kappa shape index (κ1) is 20.4. The summed E-state index contributed by atoms with van der Waals surface area (Å²) in [7, 11) is 0. The van der Waals surface area contributed by atoms with E-state index in [9.17, 15) is 10.2 Å². The lowest BCUT2D eigenvalue weighted by atomic mass is 9.63. The average Bonchev–Trinajstić information content (AvgIpc) is 3.11. The molecule has 8 unspecified atom stereocenters. The molecule has 0 aromatic heterocycles. The Labute approximate surface area is 170 Å². The molecule has 3 fully saturated rings. The predicted octanol–water partition coefficient (Wildman–Crippen LogP) is 5.00. The van der Waals surface area contributed by atoms with E-state index in [0.717, 1.165) is 12.8 Å². The summed E-state index contributed by atoms with van der Waals surface area (Å²) in [6, 6.07) is 0. The number of hydrogen-bond donors (Lipinski definition) is 2. The molecule has 3 heteroatoms. The van der Waals surface area contributed by atoms with E-state index in [4.69, 9.17) is 4.74 Å². The van der Waals surface area contributed by atoms with Crippen LogP contribution in [0.5, 0.6) is 0 Å². The summed E-state index contributed by atoms with van der Waals surface area (Å²) in [5.41, 5.74) is 1.91. The molecule has 1 heterocycles. The zero-order chi connectivity index (χ0) is 20.3. The van der Waals surface area contributed by atoms with Crippen molar-refractivity contribution in [1.82, 2.24) is 0 Å². The van der Waals surface area contributed by atoms with Gasteiger partial charge in [-0.3, -0.25) is 0 Å². The fourth-order valence-electron chi connectivity index (χ4n) is 7.03. The molecule has 1 saturated heterocycles. The highest BCUT2D eigenvalue weighted by Crippen LogP contribution is 2.63. The van der Waals surface area contributed by atoms with E-state index in [1.165, 1.54) is 24.0 Å². The Morgan fingerprint density at radius 2 is 2.00 bits per heavy atom. The lowest BCUT2D eigenvalue weighted by molar-refractivity contribution is -0.191. The second-order valence-electron chi connectivity index (χ2n) is 10.9. The van der Waals surface area contributed by atoms with Gasteiger partial charge >= 0.3 is 0 Å². The monoisotopic (exact) mass is 386 g/mol. The van der Waals surface area contributed by atoms with Crippen LogP contribution in [-0.4, -0.2) is 28.2 Å². The van der Waals surface area contributed by atoms with Gasteiger partial charge in [-0.05, 0) is 81.1 Å². The van der Waals surface area contributed by atoms with Crippen molar-refractivity contribution in [3.05, 3.63) is 35.5 Å². The van der Waals surface area contributed by atoms with Gasteiger partial charge in [0.05, 0.1) is 12.2 Å². The Balaban J connectivity index is 1.63. The van der Waals surface area contributed by atoms with Crippen molar-refractivity contribution in [3.8, 4) is 0 Å². The molecule has 3 nitrogen and oxygen atoms in total. The van der Waals surface area contributed by atoms with E-state index in [2.05, 4.69) is 52.0 Å². The highest BCUT2D eigenvalue weighted by molar-refractivity contribution is 5.26. The Morgan fingerprint density at radius 1 is 1.25 bits per heavy atom. The second kappa shape index (κ2) is 6.82. The van der Waals surface area contributed by atoms with Crippen molar-refractivity contribution >= 4 is 0 Å². The van der Waals surface area contributed by atoms with E-state index in [1.807, 2.05) is 6.92 Å². The van der Waals surface area contributed by atoms with Crippen LogP contribution in [-0.2, 0) is 4.74 Å². The van der Waals surface area contributed by atoms with Crippen LogP contribution in [0.15, 0.2) is 35.5 Å². The van der Waals surface area contributed by atoms with E-state index in [1.54, 1.807) is 0 Å². The minimum Gasteiger partial charge on any atom is -0.390 e. The molecule has 4 rings (SSSR count). The number of fused-ring (bicyclic) bond motifs is 1. The van der Waals surface area contributed by atoms with Gasteiger partial charge in [0.15, 0.2) is 5.79 Å². The van der Waals surface area contributed by atoms with Crippen LogP contribution in [0.1, 0.15) is 66.7 Å². The van der Waals surface area contributed by atoms with Crippen LogP contribution in [0, 0.1) is 35.0 Å². The van der Waals surface area contributed by atoms with Gasteiger partial charge in [0, 0.05) is 12.3 Å². The molecule has 4 aliphatic rings. The first-order valence-electron chi connectivity index (χ1n) is 11.2. The summed E-state index contributed by atoms with van der Waals surface area (Å²) in [6.07, 6.45) is 14.0. The van der Waals surface area contributed by atoms with Gasteiger partial charge in [-0.1, -0.05) is 43.7 Å². The minimum atomic E-state index is -1.17. The number of aliphatic hydroxyl groups is 2. The van der Waals surface area contributed by atoms with Crippen molar-refractivity contribution in [2.45, 2.75) is 78.1 Å². The van der Waals surface area contributed by atoms with Crippen LogP contribution in [0.2, 0.25) is 0 Å². The van der Waals surface area contributed by atoms with Crippen LogP contribution in [0.25, 0.3) is 0 Å². The van der Waals surface area contributed by atoms with Crippen molar-refractivity contribution in [2.24, 2.45) is 35.0 Å². The van der Waals surface area contributed by atoms with E-state index in [-0.39, 0.29) is 17.3 Å². The third-order valence-electron chi connectivity index (χ3n) is 8.49. The van der Waals surface area contributed by atoms with E-state index < -0.39 is 11.4 Å². The smallest absolute Gasteiger partial charge is 0.175 e. The van der Waals surface area contributed by atoms with Crippen LogP contribution in [0.3, 0.4) is 0 Å². The summed E-state index contributed by atoms with van der Waals surface area (Å²) in [4.78, 5) is 0. The summed E-state index contributed by atoms with van der Waals surface area (Å²) < 4.78 is 5.84. The largest absolute Gasteiger partial charge is 0.390 e. The van der Waals surface area contributed by atoms with Crippen molar-refractivity contribution < 1.29 is 14.9 Å². The molecular formula is C25H38O3. The Hall–Kier alpha value is -0.900. The van der Waals surface area contributed by atoms with Gasteiger partial charge in [0.25, 0.3) is 0 Å². The standard InChI is InChI=1S/C25H38O3/c1-16(2)7-6-8-17(3)19-11-12-23(4)13-21-22-18(9-10-20(19)23)14-28-25(22,27)15-24(21,5)26/h6-9,17,19-22,26-27H,10-15H2,1-5H3. The normalized spacial score (nSPS) is 48.6. The first-order chi connectivity index (χ1) is 13.1. The minimum absolute atomic E-state index is 0.0330. The van der Waals surface area contributed by atoms with Crippen LogP contribution >= 0.6 is 0 Å². The third-order valence-corrected chi connectivity index (χ3v) is 8.49. The Bertz CT molecular complexity index is 713. The molecule has 3 aliphatic carbocycles. The van der Waals surface area contributed by atoms with E-state index >= 15 is 0 Å². The summed E-state index contributed by atoms with van der Waals surface area (Å²) in [6.45, 7) is 11.5. The predicted molar refractivity (Wildman–Crippen MR) is 112 cm³/mol. The highest BCUT2D eigenvalue weighted by atomic mass is 16.6. The molecule has 1 aliphatic heterocycles. The summed E-state index contributed by atoms with van der Waals surface area (Å²) >= 11 is 0. The van der Waals surface area contributed by atoms with Crippen LogP contribution < -0.4 is 0 Å². The van der Waals surface area contributed by atoms with E-state index in [0.29, 0.717) is 30.8 Å². The lowest BCUT2D eigenvalue weighted by Crippen LogP contribution is -2.40. The first-order valence-corrected chi connectivity index (χ1v) is 11.2. The lowest BCUT2D eigenvalue weighted by Gasteiger charge is -2.43. The Morgan fingerprint density at radius 3 is 2.71 bits per heavy atom. The molecule has 0 aromatic rings. The fourth-order valence-corrected chi connectivity index (χ4v) is 7.03. The Kier molecular flexibility index (Phi) is 4.96. The molecular weight excluding hydrogens is 348 g/mol. The SMILES string of the molecule is CC(C)=CC=CC(C)C1CCC2(C)CC3C4C(=CCC12)COC4(O)CC3(C)O. The van der Waals surface area contributed by atoms with Gasteiger partial charge in [0.1, 0.15) is 0 Å². The summed E-state index contributed by atoms with van der Waals surface area (Å²) in [5.74, 6) is 0.729. The quantitative estimate of drug-likeness (QED) is 0.530. The molecule has 0 bridgehead atoms. The van der Waals surface area contributed by atoms with Gasteiger partial charge in [0.2, 0.25) is 0 Å². The zero-order valence-electron chi connectivity index (χ0n) is 18.2. The number of ether oxygens (including phenoxy) is 1. The topological polar surface area (TPSA) is 49.7 Å². The molecule has 0 aromatic carbocycles. The van der Waals surface area contributed by atoms with Gasteiger partial charge < -0.3 is 14.9 Å². The number of allylic oxidation sites excluding steroid dienone is 5. The third kappa shape index (κ3) is 3.24. The average molecular weight is 387 g/mol. The van der Waals surface area contributed by atoms with Crippen molar-refractivity contribution in [1.29, 1.82) is 0 Å². The van der Waals surface area contributed by atoms with Gasteiger partial charge in [-0.2, -0.15) is 0 Å². The number of hydrogen-bond acceptors (Lipinski definition) is 3. The molecule has 8 atom stereocenters. The maximum Gasteiger partial charge on any atom is 0.175 e. The molecule has 0 amide bonds. The maximum atomic E-state index is 11.2. The molecule has 2 N–H and O–H groups in total. The van der Waals surface area contributed by atoms with Crippen molar-refractivity contribution in [2.75, 3.05) is 6.61 Å². The molecule has 2 saturated carbocycles. The van der Waals surface area contributed by atoms with Crippen molar-refractivity contribution in [3.63, 3.8) is 0 Å². The molecule has 0 radical (unpaired) electrons. The molecule has 156 valence electrons. The fraction of sp³-hybridized carbons (Fsp3) is 0.760. The highest BCUT2D eigenvalue weighted by Gasteiger charge is 2.65. The molecule has 28 heavy (non-hydrogen) atoms. The zero-order valence-corrected chi connectivity index (χ0v) is 18.2. The van der Waals surface area contributed by atoms with Gasteiger partial charge in [-0.25, -0.2) is 0 Å². The molecule has 0 spiro atoms. The second-order valence-corrected chi connectivity index (χ2v) is 10.9. The number of rotatable bonds is 3. The summed E-state index contributed by atoms with van der Waals surface area (Å²) in [5, 5.41) is 22.2. The maximum absolute atomic E-state index is 11.2. The van der Waals surface area contributed by atoms with Gasteiger partial charge in [-0.15, -0.1) is 0 Å². The van der Waals surface area contributed by atoms with Crippen LogP contribution in [0.4, 0.5) is 0 Å².